The van der Waals surface area contributed by atoms with Crippen LogP contribution in [0.15, 0.2) is 12.1 Å². The lowest BCUT2D eigenvalue weighted by Crippen LogP contribution is -2.20. The topological polar surface area (TPSA) is 26.0 Å². The van der Waals surface area contributed by atoms with Gasteiger partial charge in [-0.2, -0.15) is 0 Å². The van der Waals surface area contributed by atoms with E-state index in [0.717, 1.165) is 0 Å². The van der Waals surface area contributed by atoms with Gasteiger partial charge in [0.2, 0.25) is 0 Å². The van der Waals surface area contributed by atoms with E-state index in [9.17, 15) is 13.2 Å². The number of rotatable bonds is 2. The molecule has 1 aromatic carbocycles. The summed E-state index contributed by atoms with van der Waals surface area (Å²) < 4.78 is 37.7. The first kappa shape index (κ1) is 11.6. The normalized spacial score (nSPS) is 13.4. The molecule has 2 N–H and O–H groups in total. The number of hydrogen-bond acceptors (Lipinski definition) is 1. The highest BCUT2D eigenvalue weighted by Crippen LogP contribution is 2.31. The molecule has 0 aliphatic carbocycles. The van der Waals surface area contributed by atoms with Crippen molar-refractivity contribution >= 4 is 23.2 Å². The molecule has 0 aliphatic rings. The number of benzene rings is 1. The van der Waals surface area contributed by atoms with Crippen LogP contribution in [0, 0.1) is 5.82 Å². The van der Waals surface area contributed by atoms with Gasteiger partial charge in [-0.1, -0.05) is 23.2 Å². The van der Waals surface area contributed by atoms with Crippen LogP contribution in [-0.4, -0.2) is 6.43 Å². The fourth-order valence-electron chi connectivity index (χ4n) is 0.974. The van der Waals surface area contributed by atoms with Crippen molar-refractivity contribution in [2.45, 2.75) is 12.5 Å². The molecule has 0 saturated heterocycles. The van der Waals surface area contributed by atoms with Crippen molar-refractivity contribution in [3.05, 3.63) is 33.6 Å². The summed E-state index contributed by atoms with van der Waals surface area (Å²) in [7, 11) is 0. The maximum absolute atomic E-state index is 13.2. The average molecular weight is 244 g/mol. The highest BCUT2D eigenvalue weighted by molar-refractivity contribution is 6.33. The molecule has 78 valence electrons. The van der Waals surface area contributed by atoms with Gasteiger partial charge < -0.3 is 5.73 Å². The van der Waals surface area contributed by atoms with Crippen molar-refractivity contribution in [1.29, 1.82) is 0 Å². The summed E-state index contributed by atoms with van der Waals surface area (Å²) in [5, 5.41) is -0.430. The molecule has 1 atom stereocenters. The van der Waals surface area contributed by atoms with Crippen molar-refractivity contribution in [2.75, 3.05) is 0 Å². The molecule has 0 spiro atoms. The Kier molecular flexibility index (Phi) is 3.64. The monoisotopic (exact) mass is 243 g/mol. The zero-order valence-electron chi connectivity index (χ0n) is 6.78. The van der Waals surface area contributed by atoms with Gasteiger partial charge in [-0.15, -0.1) is 0 Å². The quantitative estimate of drug-likeness (QED) is 0.792. The molecule has 0 heterocycles. The number of hydrogen-bond donors (Lipinski definition) is 1. The number of nitrogens with two attached hydrogens (primary N) is 1. The van der Waals surface area contributed by atoms with Crippen LogP contribution in [0.1, 0.15) is 11.6 Å². The SMILES string of the molecule is N[C@H](c1c(Cl)ccc(Cl)c1F)C(F)F. The Hall–Kier alpha value is -0.450. The van der Waals surface area contributed by atoms with Gasteiger partial charge in [0.15, 0.2) is 0 Å². The zero-order chi connectivity index (χ0) is 10.9. The van der Waals surface area contributed by atoms with E-state index in [2.05, 4.69) is 0 Å². The minimum absolute atomic E-state index is 0.153. The molecule has 6 heteroatoms. The Morgan fingerprint density at radius 3 is 2.14 bits per heavy atom. The largest absolute Gasteiger partial charge is 0.319 e. The molecule has 1 aromatic rings. The summed E-state index contributed by atoms with van der Waals surface area (Å²) in [6, 6.07) is 0.645. The van der Waals surface area contributed by atoms with E-state index in [1.54, 1.807) is 0 Å². The lowest BCUT2D eigenvalue weighted by molar-refractivity contribution is 0.115. The smallest absolute Gasteiger partial charge is 0.257 e. The Morgan fingerprint density at radius 2 is 1.64 bits per heavy atom. The molecule has 1 rings (SSSR count). The molecule has 0 radical (unpaired) electrons. The van der Waals surface area contributed by atoms with Gasteiger partial charge in [-0.3, -0.25) is 0 Å². The molecular formula is C8H6Cl2F3N. The Morgan fingerprint density at radius 1 is 1.14 bits per heavy atom. The van der Waals surface area contributed by atoms with Gasteiger partial charge in [-0.25, -0.2) is 13.2 Å². The summed E-state index contributed by atoms with van der Waals surface area (Å²) in [5.74, 6) is -0.994. The van der Waals surface area contributed by atoms with Crippen LogP contribution in [0.4, 0.5) is 13.2 Å². The van der Waals surface area contributed by atoms with Crippen LogP contribution in [0.25, 0.3) is 0 Å². The standard InChI is InChI=1S/C8H6Cl2F3N/c9-3-1-2-4(10)6(11)5(3)7(14)8(12)13/h1-2,7-8H,14H2/t7-/m1/s1. The van der Waals surface area contributed by atoms with Gasteiger partial charge in [0.1, 0.15) is 5.82 Å². The van der Waals surface area contributed by atoms with E-state index in [-0.39, 0.29) is 10.0 Å². The predicted octanol–water partition coefficient (Wildman–Crippen LogP) is 3.40. The summed E-state index contributed by atoms with van der Waals surface area (Å²) in [4.78, 5) is 0. The molecule has 1 nitrogen and oxygen atoms in total. The second-order valence-electron chi connectivity index (χ2n) is 2.62. The van der Waals surface area contributed by atoms with E-state index < -0.39 is 23.8 Å². The molecule has 14 heavy (non-hydrogen) atoms. The third kappa shape index (κ3) is 2.13. The minimum Gasteiger partial charge on any atom is -0.319 e. The van der Waals surface area contributed by atoms with E-state index >= 15 is 0 Å². The first-order valence-electron chi connectivity index (χ1n) is 3.62. The first-order chi connectivity index (χ1) is 6.45. The van der Waals surface area contributed by atoms with Crippen molar-refractivity contribution in [3.63, 3.8) is 0 Å². The van der Waals surface area contributed by atoms with Gasteiger partial charge in [0.05, 0.1) is 11.1 Å². The Labute approximate surface area is 88.6 Å². The molecular weight excluding hydrogens is 238 g/mol. The van der Waals surface area contributed by atoms with Gasteiger partial charge in [0.25, 0.3) is 6.43 Å². The molecule has 0 aromatic heterocycles. The second-order valence-corrected chi connectivity index (χ2v) is 3.43. The maximum atomic E-state index is 13.2. The van der Waals surface area contributed by atoms with Crippen LogP contribution >= 0.6 is 23.2 Å². The van der Waals surface area contributed by atoms with Crippen LogP contribution < -0.4 is 5.73 Å². The highest BCUT2D eigenvalue weighted by Gasteiger charge is 2.25. The first-order valence-corrected chi connectivity index (χ1v) is 4.38. The van der Waals surface area contributed by atoms with Crippen molar-refractivity contribution in [3.8, 4) is 0 Å². The van der Waals surface area contributed by atoms with Crippen molar-refractivity contribution in [2.24, 2.45) is 5.73 Å². The predicted molar refractivity (Wildman–Crippen MR) is 49.4 cm³/mol. The minimum atomic E-state index is -2.89. The molecule has 0 amide bonds. The fourth-order valence-corrected chi connectivity index (χ4v) is 1.41. The summed E-state index contributed by atoms with van der Waals surface area (Å²) in [5.41, 5.74) is 4.63. The average Bonchev–Trinajstić information content (AvgIpc) is 2.12. The molecule has 0 saturated carbocycles. The van der Waals surface area contributed by atoms with E-state index in [1.165, 1.54) is 12.1 Å². The van der Waals surface area contributed by atoms with E-state index in [0.29, 0.717) is 0 Å². The number of halogens is 5. The van der Waals surface area contributed by atoms with Crippen molar-refractivity contribution < 1.29 is 13.2 Å². The van der Waals surface area contributed by atoms with E-state index in [4.69, 9.17) is 28.9 Å². The summed E-state index contributed by atoms with van der Waals surface area (Å²) in [6.45, 7) is 0. The van der Waals surface area contributed by atoms with Crippen LogP contribution in [0.2, 0.25) is 10.0 Å². The Balaban J connectivity index is 3.25. The summed E-state index contributed by atoms with van der Waals surface area (Å²) >= 11 is 10.9. The van der Waals surface area contributed by atoms with Gasteiger partial charge in [-0.05, 0) is 12.1 Å². The summed E-state index contributed by atoms with van der Waals surface area (Å²) in [6.07, 6.45) is -2.89. The van der Waals surface area contributed by atoms with Crippen LogP contribution in [0.5, 0.6) is 0 Å². The Bertz CT molecular complexity index is 344. The molecule has 0 bridgehead atoms. The third-order valence-corrected chi connectivity index (χ3v) is 2.31. The van der Waals surface area contributed by atoms with E-state index in [1.807, 2.05) is 0 Å². The second kappa shape index (κ2) is 4.38. The number of alkyl halides is 2. The molecule has 0 fully saturated rings. The van der Waals surface area contributed by atoms with Crippen molar-refractivity contribution in [1.82, 2.24) is 0 Å². The van der Waals surface area contributed by atoms with Crippen LogP contribution in [0.3, 0.4) is 0 Å². The lowest BCUT2D eigenvalue weighted by Gasteiger charge is -2.14. The van der Waals surface area contributed by atoms with Gasteiger partial charge in [0, 0.05) is 10.6 Å². The molecule has 0 unspecified atom stereocenters. The third-order valence-electron chi connectivity index (χ3n) is 1.68. The van der Waals surface area contributed by atoms with Crippen LogP contribution in [-0.2, 0) is 0 Å². The highest BCUT2D eigenvalue weighted by atomic mass is 35.5. The van der Waals surface area contributed by atoms with Gasteiger partial charge >= 0.3 is 0 Å². The lowest BCUT2D eigenvalue weighted by atomic mass is 10.1. The molecule has 0 aliphatic heterocycles. The fraction of sp³-hybridized carbons (Fsp3) is 0.250. The maximum Gasteiger partial charge on any atom is 0.257 e. The zero-order valence-corrected chi connectivity index (χ0v) is 8.29.